The van der Waals surface area contributed by atoms with Crippen molar-refractivity contribution in [2.24, 2.45) is 0 Å². The molecule has 29 heavy (non-hydrogen) atoms. The molecule has 5 nitrogen and oxygen atoms in total. The molecular formula is C23H22ClNO4. The van der Waals surface area contributed by atoms with Crippen LogP contribution in [0, 0.1) is 6.92 Å². The van der Waals surface area contributed by atoms with Gasteiger partial charge in [0.1, 0.15) is 16.9 Å². The fourth-order valence-electron chi connectivity index (χ4n) is 3.86. The van der Waals surface area contributed by atoms with Crippen LogP contribution in [0.4, 0.5) is 0 Å². The minimum absolute atomic E-state index is 0.0429. The van der Waals surface area contributed by atoms with E-state index in [-0.39, 0.29) is 23.9 Å². The molecular weight excluding hydrogens is 390 g/mol. The monoisotopic (exact) mass is 411 g/mol. The lowest BCUT2D eigenvalue weighted by Crippen LogP contribution is -2.36. The summed E-state index contributed by atoms with van der Waals surface area (Å²) in [4.78, 5) is 25.6. The topological polar surface area (TPSA) is 68.5 Å². The van der Waals surface area contributed by atoms with Crippen LogP contribution in [-0.2, 0) is 5.60 Å². The maximum atomic E-state index is 13.2. The van der Waals surface area contributed by atoms with Gasteiger partial charge in [0.25, 0.3) is 5.91 Å². The second-order valence-corrected chi connectivity index (χ2v) is 8.00. The molecule has 0 bridgehead atoms. The molecule has 0 saturated heterocycles. The lowest BCUT2D eigenvalue weighted by Gasteiger charge is -2.35. The van der Waals surface area contributed by atoms with Gasteiger partial charge < -0.3 is 14.5 Å². The maximum absolute atomic E-state index is 13.2. The fourth-order valence-corrected chi connectivity index (χ4v) is 3.98. The van der Waals surface area contributed by atoms with E-state index in [4.69, 9.17) is 20.8 Å². The molecule has 150 valence electrons. The molecule has 1 amide bonds. The van der Waals surface area contributed by atoms with Crippen molar-refractivity contribution >= 4 is 34.3 Å². The van der Waals surface area contributed by atoms with Gasteiger partial charge in [-0.25, -0.2) is 0 Å². The van der Waals surface area contributed by atoms with Crippen molar-refractivity contribution < 1.29 is 18.7 Å². The van der Waals surface area contributed by atoms with E-state index < -0.39 is 5.60 Å². The van der Waals surface area contributed by atoms with E-state index in [9.17, 15) is 9.59 Å². The number of benzene rings is 2. The molecule has 0 unspecified atom stereocenters. The van der Waals surface area contributed by atoms with Crippen molar-refractivity contribution in [3.8, 4) is 5.75 Å². The van der Waals surface area contributed by atoms with Gasteiger partial charge in [0.2, 0.25) is 0 Å². The third kappa shape index (κ3) is 3.29. The van der Waals surface area contributed by atoms with Gasteiger partial charge in [-0.15, -0.1) is 0 Å². The SMILES string of the molecule is CCCNC(=O)c1oc2ccc3c(c2c1C)C(=O)C[C@](C)(c1ccc(Cl)cc1)O3. The Hall–Kier alpha value is -2.79. The molecule has 1 aliphatic heterocycles. The number of hydrogen-bond acceptors (Lipinski definition) is 4. The summed E-state index contributed by atoms with van der Waals surface area (Å²) in [5.74, 6) is 0.416. The largest absolute Gasteiger partial charge is 0.482 e. The Labute approximate surface area is 174 Å². The Morgan fingerprint density at radius 3 is 2.62 bits per heavy atom. The summed E-state index contributed by atoms with van der Waals surface area (Å²) in [6.45, 7) is 6.24. The molecule has 1 N–H and O–H groups in total. The second-order valence-electron chi connectivity index (χ2n) is 7.56. The van der Waals surface area contributed by atoms with Gasteiger partial charge in [-0.2, -0.15) is 0 Å². The average molecular weight is 412 g/mol. The predicted molar refractivity (Wildman–Crippen MR) is 112 cm³/mol. The molecule has 3 aromatic rings. The van der Waals surface area contributed by atoms with Crippen molar-refractivity contribution in [2.75, 3.05) is 6.54 Å². The van der Waals surface area contributed by atoms with E-state index in [0.29, 0.717) is 39.4 Å². The van der Waals surface area contributed by atoms with Crippen LogP contribution in [0.3, 0.4) is 0 Å². The number of amides is 1. The number of fused-ring (bicyclic) bond motifs is 3. The number of Topliss-reactive ketones (excluding diaryl/α,β-unsaturated/α-hetero) is 1. The van der Waals surface area contributed by atoms with Crippen LogP contribution in [0.2, 0.25) is 5.02 Å². The van der Waals surface area contributed by atoms with E-state index in [0.717, 1.165) is 12.0 Å². The van der Waals surface area contributed by atoms with Crippen LogP contribution in [0.25, 0.3) is 11.0 Å². The third-order valence-electron chi connectivity index (χ3n) is 5.37. The number of hydrogen-bond donors (Lipinski definition) is 1. The highest BCUT2D eigenvalue weighted by molar-refractivity contribution is 6.30. The number of carbonyl (C=O) groups is 2. The number of ether oxygens (including phenoxy) is 1. The lowest BCUT2D eigenvalue weighted by molar-refractivity contribution is 0.0507. The van der Waals surface area contributed by atoms with Crippen LogP contribution in [0.15, 0.2) is 40.8 Å². The summed E-state index contributed by atoms with van der Waals surface area (Å²) < 4.78 is 12.1. The van der Waals surface area contributed by atoms with Gasteiger partial charge in [0, 0.05) is 22.5 Å². The average Bonchev–Trinajstić information content (AvgIpc) is 3.03. The van der Waals surface area contributed by atoms with Crippen LogP contribution in [0.1, 0.15) is 58.7 Å². The Bertz CT molecular complexity index is 1120. The van der Waals surface area contributed by atoms with Crippen LogP contribution < -0.4 is 10.1 Å². The van der Waals surface area contributed by atoms with Crippen LogP contribution >= 0.6 is 11.6 Å². The van der Waals surface area contributed by atoms with E-state index in [1.54, 1.807) is 31.2 Å². The molecule has 0 spiro atoms. The van der Waals surface area contributed by atoms with E-state index >= 15 is 0 Å². The smallest absolute Gasteiger partial charge is 0.287 e. The Morgan fingerprint density at radius 2 is 1.93 bits per heavy atom. The summed E-state index contributed by atoms with van der Waals surface area (Å²) in [5, 5.41) is 4.10. The molecule has 1 aliphatic rings. The van der Waals surface area contributed by atoms with Gasteiger partial charge in [-0.05, 0) is 50.1 Å². The Balaban J connectivity index is 1.79. The first-order chi connectivity index (χ1) is 13.8. The molecule has 1 atom stereocenters. The number of ketones is 1. The van der Waals surface area contributed by atoms with Gasteiger partial charge in [-0.1, -0.05) is 30.7 Å². The minimum atomic E-state index is -0.790. The second kappa shape index (κ2) is 7.23. The maximum Gasteiger partial charge on any atom is 0.287 e. The van der Waals surface area contributed by atoms with E-state index in [1.807, 2.05) is 26.0 Å². The van der Waals surface area contributed by atoms with E-state index in [1.165, 1.54) is 0 Å². The summed E-state index contributed by atoms with van der Waals surface area (Å²) in [6, 6.07) is 10.8. The Morgan fingerprint density at radius 1 is 1.21 bits per heavy atom. The minimum Gasteiger partial charge on any atom is -0.482 e. The highest BCUT2D eigenvalue weighted by atomic mass is 35.5. The molecule has 6 heteroatoms. The van der Waals surface area contributed by atoms with Gasteiger partial charge in [-0.3, -0.25) is 9.59 Å². The van der Waals surface area contributed by atoms with Crippen molar-refractivity contribution in [3.05, 3.63) is 63.9 Å². The van der Waals surface area contributed by atoms with Crippen molar-refractivity contribution in [1.29, 1.82) is 0 Å². The third-order valence-corrected chi connectivity index (χ3v) is 5.62. The number of aryl methyl sites for hydroxylation is 1. The van der Waals surface area contributed by atoms with Crippen molar-refractivity contribution in [2.45, 2.75) is 39.2 Å². The molecule has 0 radical (unpaired) electrons. The fraction of sp³-hybridized carbons (Fsp3) is 0.304. The van der Waals surface area contributed by atoms with Crippen LogP contribution in [-0.4, -0.2) is 18.2 Å². The molecule has 1 aromatic heterocycles. The Kier molecular flexibility index (Phi) is 4.87. The lowest BCUT2D eigenvalue weighted by atomic mass is 9.84. The molecule has 0 aliphatic carbocycles. The zero-order chi connectivity index (χ0) is 20.8. The number of furan rings is 1. The number of nitrogens with one attached hydrogen (secondary N) is 1. The molecule has 4 rings (SSSR count). The van der Waals surface area contributed by atoms with Crippen molar-refractivity contribution in [3.63, 3.8) is 0 Å². The quantitative estimate of drug-likeness (QED) is 0.622. The number of carbonyl (C=O) groups excluding carboxylic acids is 2. The summed E-state index contributed by atoms with van der Waals surface area (Å²) in [5.41, 5.74) is 1.73. The first-order valence-corrected chi connectivity index (χ1v) is 10.0. The van der Waals surface area contributed by atoms with E-state index in [2.05, 4.69) is 5.32 Å². The predicted octanol–water partition coefficient (Wildman–Crippen LogP) is 5.42. The van der Waals surface area contributed by atoms with Crippen LogP contribution in [0.5, 0.6) is 5.75 Å². The highest BCUT2D eigenvalue weighted by Gasteiger charge is 2.40. The zero-order valence-electron chi connectivity index (χ0n) is 16.6. The normalized spacial score (nSPS) is 18.4. The number of rotatable bonds is 4. The first kappa shape index (κ1) is 19.5. The highest BCUT2D eigenvalue weighted by Crippen LogP contribution is 2.44. The molecule has 0 fully saturated rings. The standard InChI is InChI=1S/C23H22ClNO4/c1-4-11-25-22(27)21-13(2)19-17(28-21)9-10-18-20(19)16(26)12-23(3,29-18)14-5-7-15(24)8-6-14/h5-10H,4,11-12H2,1-3H3,(H,25,27)/t23-/m1/s1. The first-order valence-electron chi connectivity index (χ1n) is 9.66. The summed E-state index contributed by atoms with van der Waals surface area (Å²) in [7, 11) is 0. The molecule has 0 saturated carbocycles. The summed E-state index contributed by atoms with van der Waals surface area (Å²) in [6.07, 6.45) is 1.01. The van der Waals surface area contributed by atoms with Crippen molar-refractivity contribution in [1.82, 2.24) is 5.32 Å². The zero-order valence-corrected chi connectivity index (χ0v) is 17.4. The number of halogens is 1. The molecule has 2 aromatic carbocycles. The molecule has 2 heterocycles. The van der Waals surface area contributed by atoms with Gasteiger partial charge >= 0.3 is 0 Å². The summed E-state index contributed by atoms with van der Waals surface area (Å²) >= 11 is 6.00. The van der Waals surface area contributed by atoms with Gasteiger partial charge in [0.05, 0.1) is 12.0 Å². The van der Waals surface area contributed by atoms with Gasteiger partial charge in [0.15, 0.2) is 11.5 Å².